The van der Waals surface area contributed by atoms with Crippen LogP contribution in [0.4, 0.5) is 4.39 Å². The Morgan fingerprint density at radius 2 is 1.73 bits per heavy atom. The third-order valence-corrected chi connectivity index (χ3v) is 6.91. The van der Waals surface area contributed by atoms with Gasteiger partial charge in [-0.2, -0.15) is 0 Å². The molecule has 1 amide bonds. The van der Waals surface area contributed by atoms with Crippen molar-refractivity contribution in [1.82, 2.24) is 19.8 Å². The highest BCUT2D eigenvalue weighted by molar-refractivity contribution is 5.95. The van der Waals surface area contributed by atoms with Gasteiger partial charge < -0.3 is 4.90 Å². The summed E-state index contributed by atoms with van der Waals surface area (Å²) in [6.07, 6.45) is 5.07. The van der Waals surface area contributed by atoms with E-state index in [4.69, 9.17) is 0 Å². The molecular weight excluding hydrogens is 463 g/mol. The van der Waals surface area contributed by atoms with Crippen molar-refractivity contribution in [3.05, 3.63) is 82.7 Å². The van der Waals surface area contributed by atoms with Crippen molar-refractivity contribution >= 4 is 5.91 Å². The lowest BCUT2D eigenvalue weighted by Gasteiger charge is -2.42. The smallest absolute Gasteiger partial charge is 0.256 e. The molecule has 3 aromatic rings. The van der Waals surface area contributed by atoms with Crippen LogP contribution < -0.4 is 0 Å². The molecule has 1 aliphatic heterocycles. The summed E-state index contributed by atoms with van der Waals surface area (Å²) >= 11 is 0. The highest BCUT2D eigenvalue weighted by atomic mass is 19.1. The molecular formula is C31H35FN4O. The molecule has 1 aromatic carbocycles. The van der Waals surface area contributed by atoms with Crippen molar-refractivity contribution in [1.29, 1.82) is 0 Å². The lowest BCUT2D eigenvalue weighted by Crippen LogP contribution is -2.54. The zero-order valence-electron chi connectivity index (χ0n) is 22.4. The van der Waals surface area contributed by atoms with Crippen molar-refractivity contribution in [3.63, 3.8) is 0 Å². The van der Waals surface area contributed by atoms with Crippen molar-refractivity contribution in [3.8, 4) is 23.0 Å². The lowest BCUT2D eigenvalue weighted by molar-refractivity contribution is 0.0447. The van der Waals surface area contributed by atoms with Gasteiger partial charge in [-0.1, -0.05) is 31.8 Å². The molecule has 0 saturated carbocycles. The number of aryl methyl sites for hydroxylation is 2. The van der Waals surface area contributed by atoms with Crippen LogP contribution in [-0.4, -0.2) is 57.4 Å². The largest absolute Gasteiger partial charge is 0.336 e. The number of piperazine rings is 1. The molecule has 2 aromatic heterocycles. The number of carbonyl (C=O) groups excluding carboxylic acids is 1. The van der Waals surface area contributed by atoms with Gasteiger partial charge in [-0.3, -0.25) is 19.7 Å². The quantitative estimate of drug-likeness (QED) is 0.454. The number of nitrogens with zero attached hydrogens (tertiary/aromatic N) is 4. The third kappa shape index (κ3) is 6.06. The Morgan fingerprint density at radius 3 is 2.32 bits per heavy atom. The number of carbonyl (C=O) groups is 1. The number of rotatable bonds is 4. The molecule has 1 fully saturated rings. The minimum absolute atomic E-state index is 0.0555. The lowest BCUT2D eigenvalue weighted by atomic mass is 9.96. The minimum Gasteiger partial charge on any atom is -0.336 e. The Labute approximate surface area is 219 Å². The van der Waals surface area contributed by atoms with E-state index >= 15 is 4.39 Å². The van der Waals surface area contributed by atoms with Gasteiger partial charge in [0.05, 0.1) is 16.8 Å². The Hall–Kier alpha value is -3.56. The molecule has 37 heavy (non-hydrogen) atoms. The predicted molar refractivity (Wildman–Crippen MR) is 146 cm³/mol. The van der Waals surface area contributed by atoms with Crippen LogP contribution in [0.25, 0.3) is 11.1 Å². The van der Waals surface area contributed by atoms with Crippen molar-refractivity contribution in [2.45, 2.75) is 53.0 Å². The molecule has 0 unspecified atom stereocenters. The van der Waals surface area contributed by atoms with Crippen LogP contribution in [0.3, 0.4) is 0 Å². The monoisotopic (exact) mass is 498 g/mol. The van der Waals surface area contributed by atoms with Crippen molar-refractivity contribution in [2.24, 2.45) is 0 Å². The average molecular weight is 499 g/mol. The summed E-state index contributed by atoms with van der Waals surface area (Å²) < 4.78 is 15.3. The summed E-state index contributed by atoms with van der Waals surface area (Å²) in [5, 5.41) is 0. The minimum atomic E-state index is -0.520. The summed E-state index contributed by atoms with van der Waals surface area (Å²) in [5.41, 5.74) is 5.08. The van der Waals surface area contributed by atoms with Crippen LogP contribution in [0.1, 0.15) is 67.5 Å². The number of hydrogen-bond acceptors (Lipinski definition) is 4. The molecule has 6 heteroatoms. The molecule has 0 spiro atoms. The number of hydrogen-bond donors (Lipinski definition) is 0. The second kappa shape index (κ2) is 11.2. The fraction of sp³-hybridized carbons (Fsp3) is 0.387. The van der Waals surface area contributed by atoms with E-state index in [9.17, 15) is 4.79 Å². The Balaban J connectivity index is 1.60. The molecule has 0 atom stereocenters. The third-order valence-electron chi connectivity index (χ3n) is 6.91. The van der Waals surface area contributed by atoms with Gasteiger partial charge in [0, 0.05) is 60.9 Å². The van der Waals surface area contributed by atoms with E-state index in [1.54, 1.807) is 29.4 Å². The van der Waals surface area contributed by atoms with Gasteiger partial charge in [-0.05, 0) is 69.5 Å². The molecule has 0 N–H and O–H groups in total. The predicted octanol–water partition coefficient (Wildman–Crippen LogP) is 5.36. The van der Waals surface area contributed by atoms with E-state index in [2.05, 4.69) is 54.4 Å². The molecule has 3 heterocycles. The van der Waals surface area contributed by atoms with Gasteiger partial charge >= 0.3 is 0 Å². The van der Waals surface area contributed by atoms with Gasteiger partial charge in [0.15, 0.2) is 0 Å². The zero-order chi connectivity index (χ0) is 26.6. The fourth-order valence-electron chi connectivity index (χ4n) is 4.60. The maximum Gasteiger partial charge on any atom is 0.256 e. The molecule has 5 nitrogen and oxygen atoms in total. The first-order chi connectivity index (χ1) is 17.7. The standard InChI is InChI=1S/C31H35FN4O/c1-6-24-11-8-22(21-34-24)9-12-26-25(14-15-33-29(26)7-2)23-10-13-27(28(32)20-23)30(37)35-16-18-36(19-17-35)31(3,4)5/h8,10-11,13-15,20-21H,6-7,16-19H2,1-5H3. The molecule has 1 aliphatic rings. The van der Waals surface area contributed by atoms with E-state index in [1.807, 2.05) is 25.1 Å². The van der Waals surface area contributed by atoms with Crippen molar-refractivity contribution < 1.29 is 9.18 Å². The highest BCUT2D eigenvalue weighted by Crippen LogP contribution is 2.28. The van der Waals surface area contributed by atoms with Crippen LogP contribution in [-0.2, 0) is 12.8 Å². The van der Waals surface area contributed by atoms with E-state index in [0.717, 1.165) is 47.6 Å². The van der Waals surface area contributed by atoms with Crippen LogP contribution in [0.15, 0.2) is 48.8 Å². The summed E-state index contributed by atoms with van der Waals surface area (Å²) in [7, 11) is 0. The van der Waals surface area contributed by atoms with Crippen LogP contribution >= 0.6 is 0 Å². The summed E-state index contributed by atoms with van der Waals surface area (Å²) in [4.78, 5) is 26.1. The van der Waals surface area contributed by atoms with Crippen LogP contribution in [0.5, 0.6) is 0 Å². The summed E-state index contributed by atoms with van der Waals surface area (Å²) in [5.74, 6) is 5.66. The summed E-state index contributed by atoms with van der Waals surface area (Å²) in [6.45, 7) is 13.3. The van der Waals surface area contributed by atoms with Gasteiger partial charge in [0.2, 0.25) is 0 Å². The number of pyridine rings is 2. The second-order valence-corrected chi connectivity index (χ2v) is 10.3. The van der Waals surface area contributed by atoms with Crippen LogP contribution in [0.2, 0.25) is 0 Å². The molecule has 0 bridgehead atoms. The number of amides is 1. The van der Waals surface area contributed by atoms with Crippen molar-refractivity contribution in [2.75, 3.05) is 26.2 Å². The first-order valence-electron chi connectivity index (χ1n) is 13.0. The summed E-state index contributed by atoms with van der Waals surface area (Å²) in [6, 6.07) is 10.6. The molecule has 1 saturated heterocycles. The Kier molecular flexibility index (Phi) is 8.04. The normalized spacial score (nSPS) is 14.3. The number of benzene rings is 1. The van der Waals surface area contributed by atoms with E-state index in [0.29, 0.717) is 25.1 Å². The number of halogens is 1. The maximum absolute atomic E-state index is 15.3. The van der Waals surface area contributed by atoms with Gasteiger partial charge in [0.1, 0.15) is 5.82 Å². The fourth-order valence-corrected chi connectivity index (χ4v) is 4.60. The maximum atomic E-state index is 15.3. The molecule has 0 radical (unpaired) electrons. The van der Waals surface area contributed by atoms with Gasteiger partial charge in [-0.15, -0.1) is 0 Å². The van der Waals surface area contributed by atoms with Crippen LogP contribution in [0, 0.1) is 17.7 Å². The number of aromatic nitrogens is 2. The Bertz CT molecular complexity index is 1320. The average Bonchev–Trinajstić information content (AvgIpc) is 2.91. The topological polar surface area (TPSA) is 49.3 Å². The highest BCUT2D eigenvalue weighted by Gasteiger charge is 2.29. The van der Waals surface area contributed by atoms with E-state index in [-0.39, 0.29) is 17.0 Å². The first kappa shape index (κ1) is 26.5. The molecule has 0 aliphatic carbocycles. The first-order valence-corrected chi connectivity index (χ1v) is 13.0. The second-order valence-electron chi connectivity index (χ2n) is 10.3. The zero-order valence-corrected chi connectivity index (χ0v) is 22.4. The van der Waals surface area contributed by atoms with Gasteiger partial charge in [0.25, 0.3) is 5.91 Å². The van der Waals surface area contributed by atoms with E-state index < -0.39 is 5.82 Å². The Morgan fingerprint density at radius 1 is 0.973 bits per heavy atom. The molecule has 4 rings (SSSR count). The molecule has 192 valence electrons. The van der Waals surface area contributed by atoms with Gasteiger partial charge in [-0.25, -0.2) is 4.39 Å². The SMILES string of the molecule is CCc1ccc(C#Cc2c(-c3ccc(C(=O)N4CCN(C(C)(C)C)CC4)c(F)c3)ccnc2CC)cn1. The van der Waals surface area contributed by atoms with E-state index in [1.165, 1.54) is 6.07 Å².